The number of ether oxygens (including phenoxy) is 1. The Kier molecular flexibility index (Phi) is 2.86. The van der Waals surface area contributed by atoms with Crippen LogP contribution in [0, 0.1) is 0 Å². The number of nitrogens with zero attached hydrogens (tertiary/aromatic N) is 2. The number of hydrogen-bond acceptors (Lipinski definition) is 3. The molecule has 0 radical (unpaired) electrons. The zero-order chi connectivity index (χ0) is 12.7. The van der Waals surface area contributed by atoms with Crippen LogP contribution in [0.4, 0.5) is 0 Å². The highest BCUT2D eigenvalue weighted by atomic mass is 16.5. The van der Waals surface area contributed by atoms with Crippen LogP contribution in [-0.2, 0) is 4.74 Å². The number of carbonyl (C=O) groups is 1. The molecule has 1 saturated carbocycles. The highest BCUT2D eigenvalue weighted by Crippen LogP contribution is 2.39. The molecule has 2 fully saturated rings. The van der Waals surface area contributed by atoms with Gasteiger partial charge in [-0.25, -0.2) is 0 Å². The van der Waals surface area contributed by atoms with E-state index in [9.17, 15) is 4.79 Å². The molecule has 1 aliphatic heterocycles. The third-order valence-corrected chi connectivity index (χ3v) is 3.70. The molecule has 3 rings (SSSR count). The number of rotatable bonds is 2. The maximum Gasteiger partial charge on any atom is 0.274 e. The Morgan fingerprint density at radius 2 is 2.28 bits per heavy atom. The van der Waals surface area contributed by atoms with Gasteiger partial charge in [0.25, 0.3) is 5.91 Å². The van der Waals surface area contributed by atoms with E-state index in [0.717, 1.165) is 5.69 Å². The van der Waals surface area contributed by atoms with E-state index in [1.807, 2.05) is 24.8 Å². The molecule has 0 spiro atoms. The van der Waals surface area contributed by atoms with Crippen LogP contribution in [0.5, 0.6) is 0 Å². The summed E-state index contributed by atoms with van der Waals surface area (Å²) in [4.78, 5) is 14.3. The molecule has 1 amide bonds. The molecule has 2 atom stereocenters. The average Bonchev–Trinajstić information content (AvgIpc) is 3.09. The van der Waals surface area contributed by atoms with Crippen molar-refractivity contribution in [3.8, 4) is 0 Å². The van der Waals surface area contributed by atoms with Crippen LogP contribution < -0.4 is 0 Å². The number of nitrogens with one attached hydrogen (secondary N) is 1. The maximum absolute atomic E-state index is 12.4. The van der Waals surface area contributed by atoms with Crippen molar-refractivity contribution in [3.05, 3.63) is 17.5 Å². The van der Waals surface area contributed by atoms with Gasteiger partial charge in [-0.1, -0.05) is 0 Å². The van der Waals surface area contributed by atoms with E-state index in [-0.39, 0.29) is 18.1 Å². The highest BCUT2D eigenvalue weighted by Gasteiger charge is 2.31. The topological polar surface area (TPSA) is 58.2 Å². The summed E-state index contributed by atoms with van der Waals surface area (Å²) in [6.45, 7) is 5.25. The average molecular weight is 249 g/mol. The fraction of sp³-hybridized carbons (Fsp3) is 0.692. The van der Waals surface area contributed by atoms with Gasteiger partial charge in [0.1, 0.15) is 5.69 Å². The first-order valence-corrected chi connectivity index (χ1v) is 6.63. The predicted octanol–water partition coefficient (Wildman–Crippen LogP) is 1.54. The summed E-state index contributed by atoms with van der Waals surface area (Å²) in [6.07, 6.45) is 2.52. The lowest BCUT2D eigenvalue weighted by molar-refractivity contribution is -0.0389. The zero-order valence-corrected chi connectivity index (χ0v) is 10.8. The van der Waals surface area contributed by atoms with Crippen molar-refractivity contribution < 1.29 is 9.53 Å². The number of H-pyrrole nitrogens is 1. The second-order valence-corrected chi connectivity index (χ2v) is 5.43. The van der Waals surface area contributed by atoms with Gasteiger partial charge >= 0.3 is 0 Å². The number of morpholine rings is 1. The van der Waals surface area contributed by atoms with E-state index in [1.54, 1.807) is 0 Å². The van der Waals surface area contributed by atoms with Crippen LogP contribution in [0.1, 0.15) is 48.8 Å². The van der Waals surface area contributed by atoms with E-state index >= 15 is 0 Å². The van der Waals surface area contributed by atoms with Crippen LogP contribution in [0.25, 0.3) is 0 Å². The monoisotopic (exact) mass is 249 g/mol. The third-order valence-electron chi connectivity index (χ3n) is 3.70. The fourth-order valence-electron chi connectivity index (χ4n) is 2.38. The molecule has 5 nitrogen and oxygen atoms in total. The minimum Gasteiger partial charge on any atom is -0.375 e. The Morgan fingerprint density at radius 1 is 1.50 bits per heavy atom. The molecular weight excluding hydrogens is 230 g/mol. The van der Waals surface area contributed by atoms with Crippen molar-refractivity contribution in [1.29, 1.82) is 0 Å². The second-order valence-electron chi connectivity index (χ2n) is 5.43. The number of carbonyl (C=O) groups excluding carboxylic acids is 1. The summed E-state index contributed by atoms with van der Waals surface area (Å²) in [6, 6.07) is 2.03. The Balaban J connectivity index is 1.75. The third kappa shape index (κ3) is 2.14. The summed E-state index contributed by atoms with van der Waals surface area (Å²) in [5, 5.41) is 7.14. The number of amides is 1. The van der Waals surface area contributed by atoms with Gasteiger partial charge < -0.3 is 9.64 Å². The number of aromatic amines is 1. The fourth-order valence-corrected chi connectivity index (χ4v) is 2.38. The minimum absolute atomic E-state index is 0.0146. The molecule has 1 aliphatic carbocycles. The van der Waals surface area contributed by atoms with Gasteiger partial charge in [-0.05, 0) is 32.8 Å². The van der Waals surface area contributed by atoms with Gasteiger partial charge in [-0.2, -0.15) is 5.10 Å². The number of hydrogen-bond donors (Lipinski definition) is 1. The molecular formula is C13H19N3O2. The molecule has 1 aromatic heterocycles. The van der Waals surface area contributed by atoms with Gasteiger partial charge in [-0.3, -0.25) is 9.89 Å². The Labute approximate surface area is 107 Å². The standard InChI is InChI=1S/C13H19N3O2/c1-8-7-18-9(2)6-16(8)13(17)12-5-11(14-15-12)10-3-4-10/h5,8-10H,3-4,6-7H2,1-2H3,(H,14,15). The lowest BCUT2D eigenvalue weighted by atomic mass is 10.2. The quantitative estimate of drug-likeness (QED) is 0.865. The second kappa shape index (κ2) is 4.39. The van der Waals surface area contributed by atoms with Crippen LogP contribution in [0.15, 0.2) is 6.07 Å². The van der Waals surface area contributed by atoms with Gasteiger partial charge in [0, 0.05) is 18.2 Å². The van der Waals surface area contributed by atoms with E-state index in [1.165, 1.54) is 12.8 Å². The normalized spacial score (nSPS) is 28.4. The van der Waals surface area contributed by atoms with E-state index in [0.29, 0.717) is 24.8 Å². The predicted molar refractivity (Wildman–Crippen MR) is 66.5 cm³/mol. The van der Waals surface area contributed by atoms with E-state index in [2.05, 4.69) is 10.2 Å². The molecule has 0 bridgehead atoms. The molecule has 0 aromatic carbocycles. The molecule has 1 saturated heterocycles. The summed E-state index contributed by atoms with van der Waals surface area (Å²) in [5.74, 6) is 0.612. The Hall–Kier alpha value is -1.36. The van der Waals surface area contributed by atoms with E-state index < -0.39 is 0 Å². The van der Waals surface area contributed by atoms with Crippen LogP contribution >= 0.6 is 0 Å². The number of aromatic nitrogens is 2. The van der Waals surface area contributed by atoms with E-state index in [4.69, 9.17) is 4.74 Å². The minimum atomic E-state index is 0.0146. The SMILES string of the molecule is CC1CN(C(=O)c2cc(C3CC3)[nH]n2)C(C)CO1. The van der Waals surface area contributed by atoms with Gasteiger partial charge in [-0.15, -0.1) is 0 Å². The molecule has 1 N–H and O–H groups in total. The molecule has 2 unspecified atom stereocenters. The molecule has 98 valence electrons. The molecule has 18 heavy (non-hydrogen) atoms. The van der Waals surface area contributed by atoms with Crippen molar-refractivity contribution in [2.75, 3.05) is 13.2 Å². The summed E-state index contributed by atoms with van der Waals surface area (Å²) in [7, 11) is 0. The lowest BCUT2D eigenvalue weighted by Gasteiger charge is -2.36. The lowest BCUT2D eigenvalue weighted by Crippen LogP contribution is -2.50. The van der Waals surface area contributed by atoms with Gasteiger partial charge in [0.05, 0.1) is 18.8 Å². The molecule has 2 heterocycles. The van der Waals surface area contributed by atoms with Crippen LogP contribution in [0.3, 0.4) is 0 Å². The Bertz CT molecular complexity index is 453. The van der Waals surface area contributed by atoms with Crippen molar-refractivity contribution in [2.45, 2.75) is 44.8 Å². The molecule has 2 aliphatic rings. The zero-order valence-electron chi connectivity index (χ0n) is 10.8. The van der Waals surface area contributed by atoms with Crippen molar-refractivity contribution in [2.24, 2.45) is 0 Å². The van der Waals surface area contributed by atoms with Crippen molar-refractivity contribution in [3.63, 3.8) is 0 Å². The van der Waals surface area contributed by atoms with Crippen LogP contribution in [0.2, 0.25) is 0 Å². The van der Waals surface area contributed by atoms with Gasteiger partial charge in [0.2, 0.25) is 0 Å². The van der Waals surface area contributed by atoms with Crippen molar-refractivity contribution in [1.82, 2.24) is 15.1 Å². The van der Waals surface area contributed by atoms with Gasteiger partial charge in [0.15, 0.2) is 0 Å². The summed E-state index contributed by atoms with van der Waals surface area (Å²) >= 11 is 0. The smallest absolute Gasteiger partial charge is 0.274 e. The summed E-state index contributed by atoms with van der Waals surface area (Å²) in [5.41, 5.74) is 1.64. The first-order valence-electron chi connectivity index (χ1n) is 6.63. The molecule has 5 heteroatoms. The highest BCUT2D eigenvalue weighted by molar-refractivity contribution is 5.92. The maximum atomic E-state index is 12.4. The summed E-state index contributed by atoms with van der Waals surface area (Å²) < 4.78 is 5.54. The first kappa shape index (κ1) is 11.7. The molecule has 1 aromatic rings. The van der Waals surface area contributed by atoms with Crippen molar-refractivity contribution >= 4 is 5.91 Å². The first-order chi connectivity index (χ1) is 8.65. The van der Waals surface area contributed by atoms with Crippen LogP contribution in [-0.4, -0.2) is 46.3 Å². The largest absolute Gasteiger partial charge is 0.375 e. The Morgan fingerprint density at radius 3 is 3.00 bits per heavy atom.